The maximum atomic E-state index is 9.68. The standard InChI is InChI=1S/C14H13Br2NO.C4H10N2.C2H2/c15-10-3-9-2-1-8-4-11(18)5-13(16)12(8)6-14(9)17-7-10;1-2-6-4-3-5-1;1-2/h3-5,7,14,17-18H,1-2,6H2;5-6H,1-4H2;1-2H. The Morgan fingerprint density at radius 3 is 2.27 bits per heavy atom. The molecule has 140 valence electrons. The Morgan fingerprint density at radius 2 is 1.65 bits per heavy atom. The third-order valence-corrected chi connectivity index (χ3v) is 5.68. The van der Waals surface area contributed by atoms with Gasteiger partial charge in [0.15, 0.2) is 0 Å². The minimum absolute atomic E-state index is 0.340. The predicted octanol–water partition coefficient (Wildman–Crippen LogP) is 3.21. The summed E-state index contributed by atoms with van der Waals surface area (Å²) in [5, 5.41) is 19.6. The van der Waals surface area contributed by atoms with E-state index in [2.05, 4.69) is 66.7 Å². The zero-order valence-corrected chi connectivity index (χ0v) is 17.9. The van der Waals surface area contributed by atoms with Crippen LogP contribution in [0.4, 0.5) is 0 Å². The molecule has 0 aromatic heterocycles. The predicted molar refractivity (Wildman–Crippen MR) is 115 cm³/mol. The number of hydrogen-bond acceptors (Lipinski definition) is 4. The molecule has 0 spiro atoms. The van der Waals surface area contributed by atoms with Gasteiger partial charge in [0.05, 0.1) is 6.04 Å². The molecular formula is C20H25Br2N3O. The second-order valence-electron chi connectivity index (χ2n) is 6.24. The van der Waals surface area contributed by atoms with E-state index in [4.69, 9.17) is 0 Å². The second-order valence-corrected chi connectivity index (χ2v) is 8.01. The Morgan fingerprint density at radius 1 is 1.00 bits per heavy atom. The average Bonchev–Trinajstić information content (AvgIpc) is 2.85. The number of halogens is 2. The van der Waals surface area contributed by atoms with E-state index >= 15 is 0 Å². The van der Waals surface area contributed by atoms with Crippen molar-refractivity contribution >= 4 is 31.9 Å². The molecular weight excluding hydrogens is 458 g/mol. The molecule has 4 nitrogen and oxygen atoms in total. The molecule has 0 amide bonds. The lowest BCUT2D eigenvalue weighted by Crippen LogP contribution is -2.39. The first-order valence-electron chi connectivity index (χ1n) is 8.70. The lowest BCUT2D eigenvalue weighted by molar-refractivity contribution is 0.474. The summed E-state index contributed by atoms with van der Waals surface area (Å²) in [5.74, 6) is 0.340. The van der Waals surface area contributed by atoms with Crippen LogP contribution in [0.15, 0.2) is 38.9 Å². The van der Waals surface area contributed by atoms with E-state index in [9.17, 15) is 5.11 Å². The van der Waals surface area contributed by atoms with E-state index < -0.39 is 0 Å². The molecule has 4 N–H and O–H groups in total. The molecule has 2 aliphatic heterocycles. The highest BCUT2D eigenvalue weighted by Crippen LogP contribution is 2.34. The summed E-state index contributed by atoms with van der Waals surface area (Å²) in [6, 6.07) is 4.04. The summed E-state index contributed by atoms with van der Waals surface area (Å²) in [6.07, 6.45) is 15.2. The number of dihydropyridines is 1. The number of benzene rings is 1. The molecule has 1 saturated heterocycles. The number of phenolic OH excluding ortho intramolecular Hbond substituents is 1. The number of terminal acetylenes is 1. The zero-order valence-electron chi connectivity index (χ0n) is 14.7. The highest BCUT2D eigenvalue weighted by atomic mass is 79.9. The van der Waals surface area contributed by atoms with Crippen molar-refractivity contribution in [2.45, 2.75) is 25.3 Å². The molecule has 6 heteroatoms. The number of piperazine rings is 1. The van der Waals surface area contributed by atoms with Gasteiger partial charge >= 0.3 is 0 Å². The van der Waals surface area contributed by atoms with Gasteiger partial charge in [-0.2, -0.15) is 0 Å². The van der Waals surface area contributed by atoms with Crippen LogP contribution in [0, 0.1) is 12.8 Å². The maximum absolute atomic E-state index is 9.68. The second kappa shape index (κ2) is 10.8. The minimum Gasteiger partial charge on any atom is -0.508 e. The topological polar surface area (TPSA) is 56.3 Å². The van der Waals surface area contributed by atoms with Gasteiger partial charge in [-0.1, -0.05) is 15.9 Å². The summed E-state index contributed by atoms with van der Waals surface area (Å²) in [4.78, 5) is 0. The molecule has 1 unspecified atom stereocenters. The van der Waals surface area contributed by atoms with Crippen LogP contribution in [0.3, 0.4) is 0 Å². The van der Waals surface area contributed by atoms with Crippen molar-refractivity contribution in [1.82, 2.24) is 16.0 Å². The third kappa shape index (κ3) is 5.88. The summed E-state index contributed by atoms with van der Waals surface area (Å²) < 4.78 is 2.11. The quantitative estimate of drug-likeness (QED) is 0.429. The average molecular weight is 483 g/mol. The van der Waals surface area contributed by atoms with Crippen LogP contribution in [0.5, 0.6) is 5.75 Å². The van der Waals surface area contributed by atoms with Crippen molar-refractivity contribution in [1.29, 1.82) is 0 Å². The number of allylic oxidation sites excluding steroid dienone is 2. The van der Waals surface area contributed by atoms with Gasteiger partial charge in [-0.3, -0.25) is 0 Å². The molecule has 0 saturated carbocycles. The van der Waals surface area contributed by atoms with Gasteiger partial charge in [-0.25, -0.2) is 0 Å². The van der Waals surface area contributed by atoms with Crippen molar-refractivity contribution in [3.05, 3.63) is 50.1 Å². The molecule has 26 heavy (non-hydrogen) atoms. The first-order chi connectivity index (χ1) is 12.6. The van der Waals surface area contributed by atoms with Crippen LogP contribution in [-0.2, 0) is 12.8 Å². The van der Waals surface area contributed by atoms with Crippen molar-refractivity contribution in [2.24, 2.45) is 0 Å². The van der Waals surface area contributed by atoms with Crippen molar-refractivity contribution in [3.63, 3.8) is 0 Å². The van der Waals surface area contributed by atoms with Gasteiger partial charge in [0, 0.05) is 41.3 Å². The van der Waals surface area contributed by atoms with Crippen molar-refractivity contribution in [3.8, 4) is 18.6 Å². The first-order valence-corrected chi connectivity index (χ1v) is 10.3. The highest BCUT2D eigenvalue weighted by Gasteiger charge is 2.24. The van der Waals surface area contributed by atoms with Gasteiger partial charge in [0.2, 0.25) is 0 Å². The Labute approximate surface area is 172 Å². The molecule has 1 aliphatic carbocycles. The lowest BCUT2D eigenvalue weighted by atomic mass is 9.98. The smallest absolute Gasteiger partial charge is 0.116 e. The summed E-state index contributed by atoms with van der Waals surface area (Å²) in [7, 11) is 0. The number of nitrogens with one attached hydrogen (secondary N) is 3. The number of aryl methyl sites for hydroxylation is 1. The lowest BCUT2D eigenvalue weighted by Gasteiger charge is -2.23. The van der Waals surface area contributed by atoms with E-state index in [0.717, 1.165) is 54.4 Å². The van der Waals surface area contributed by atoms with Crippen LogP contribution in [-0.4, -0.2) is 37.3 Å². The van der Waals surface area contributed by atoms with Crippen LogP contribution in [0.2, 0.25) is 0 Å². The Hall–Kier alpha value is -1.26. The van der Waals surface area contributed by atoms with Gasteiger partial charge in [0.1, 0.15) is 5.75 Å². The Bertz CT molecular complexity index is 682. The normalized spacial score (nSPS) is 20.8. The molecule has 1 fully saturated rings. The molecule has 1 aromatic rings. The van der Waals surface area contributed by atoms with E-state index in [1.807, 2.05) is 12.3 Å². The number of aromatic hydroxyl groups is 1. The van der Waals surface area contributed by atoms with Gasteiger partial charge in [-0.05, 0) is 70.1 Å². The third-order valence-electron chi connectivity index (χ3n) is 4.51. The summed E-state index contributed by atoms with van der Waals surface area (Å²) in [6.45, 7) is 4.56. The maximum Gasteiger partial charge on any atom is 0.116 e. The largest absolute Gasteiger partial charge is 0.508 e. The SMILES string of the molecule is C#C.C1CNCCN1.Oc1cc(Br)c2c(c1)CCC1=CC(Br)=CNC1C2. The fourth-order valence-electron chi connectivity index (χ4n) is 3.26. The fraction of sp³-hybridized carbons (Fsp3) is 0.400. The van der Waals surface area contributed by atoms with Gasteiger partial charge in [-0.15, -0.1) is 12.8 Å². The van der Waals surface area contributed by atoms with Crippen molar-refractivity contribution in [2.75, 3.05) is 26.2 Å². The molecule has 0 bridgehead atoms. The highest BCUT2D eigenvalue weighted by molar-refractivity contribution is 9.12. The molecule has 1 atom stereocenters. The van der Waals surface area contributed by atoms with Crippen LogP contribution in [0.1, 0.15) is 17.5 Å². The van der Waals surface area contributed by atoms with E-state index in [-0.39, 0.29) is 0 Å². The number of phenols is 1. The van der Waals surface area contributed by atoms with E-state index in [1.54, 1.807) is 6.07 Å². The molecule has 4 rings (SSSR count). The number of fused-ring (bicyclic) bond motifs is 2. The zero-order chi connectivity index (χ0) is 18.9. The minimum atomic E-state index is 0.340. The number of rotatable bonds is 0. The van der Waals surface area contributed by atoms with Crippen LogP contribution >= 0.6 is 31.9 Å². The first kappa shape index (κ1) is 21.0. The molecule has 1 aromatic carbocycles. The summed E-state index contributed by atoms with van der Waals surface area (Å²) in [5.41, 5.74) is 3.97. The molecule has 3 aliphatic rings. The fourth-order valence-corrected chi connectivity index (χ4v) is 4.34. The van der Waals surface area contributed by atoms with Crippen molar-refractivity contribution < 1.29 is 5.11 Å². The molecule has 2 heterocycles. The van der Waals surface area contributed by atoms with E-state index in [1.165, 1.54) is 16.7 Å². The van der Waals surface area contributed by atoms with Crippen LogP contribution in [0.25, 0.3) is 0 Å². The Balaban J connectivity index is 0.000000256. The monoisotopic (exact) mass is 481 g/mol. The van der Waals surface area contributed by atoms with E-state index in [0.29, 0.717) is 11.8 Å². The Kier molecular flexibility index (Phi) is 8.73. The number of hydrogen-bond donors (Lipinski definition) is 4. The van der Waals surface area contributed by atoms with Gasteiger partial charge in [0.25, 0.3) is 0 Å². The van der Waals surface area contributed by atoms with Gasteiger partial charge < -0.3 is 21.1 Å². The molecule has 0 radical (unpaired) electrons. The summed E-state index contributed by atoms with van der Waals surface area (Å²) >= 11 is 7.07. The van der Waals surface area contributed by atoms with Crippen LogP contribution < -0.4 is 16.0 Å².